The van der Waals surface area contributed by atoms with E-state index in [0.29, 0.717) is 23.5 Å². The van der Waals surface area contributed by atoms with Crippen molar-refractivity contribution in [2.24, 2.45) is 0 Å². The first-order valence-corrected chi connectivity index (χ1v) is 11.0. The SMILES string of the molecule is O=S(CCCCOP(=O)(O)CP(=O)(O)O)c1ccccc1. The van der Waals surface area contributed by atoms with Crippen LogP contribution >= 0.6 is 15.2 Å². The van der Waals surface area contributed by atoms with E-state index in [4.69, 9.17) is 9.79 Å². The van der Waals surface area contributed by atoms with E-state index in [2.05, 4.69) is 4.52 Å². The van der Waals surface area contributed by atoms with Gasteiger partial charge in [-0.3, -0.25) is 13.3 Å². The van der Waals surface area contributed by atoms with Gasteiger partial charge in [0.15, 0.2) is 5.90 Å². The Bertz CT molecular complexity index is 557. The molecule has 0 spiro atoms. The van der Waals surface area contributed by atoms with Gasteiger partial charge in [0.2, 0.25) is 0 Å². The highest BCUT2D eigenvalue weighted by Gasteiger charge is 2.30. The molecule has 3 N–H and O–H groups in total. The van der Waals surface area contributed by atoms with Gasteiger partial charge < -0.3 is 19.2 Å². The lowest BCUT2D eigenvalue weighted by atomic mass is 10.4. The molecular formula is C11H18O7P2S. The highest BCUT2D eigenvalue weighted by molar-refractivity contribution is 7.85. The van der Waals surface area contributed by atoms with Crippen LogP contribution in [0.2, 0.25) is 0 Å². The summed E-state index contributed by atoms with van der Waals surface area (Å²) in [5.41, 5.74) is 0. The van der Waals surface area contributed by atoms with Crippen LogP contribution in [-0.4, -0.2) is 37.2 Å². The van der Waals surface area contributed by atoms with E-state index in [-0.39, 0.29) is 6.61 Å². The Balaban J connectivity index is 2.25. The van der Waals surface area contributed by atoms with Crippen LogP contribution in [0.4, 0.5) is 0 Å². The van der Waals surface area contributed by atoms with Crippen molar-refractivity contribution >= 4 is 26.0 Å². The quantitative estimate of drug-likeness (QED) is 0.456. The van der Waals surface area contributed by atoms with Gasteiger partial charge in [-0.2, -0.15) is 0 Å². The summed E-state index contributed by atoms with van der Waals surface area (Å²) in [6.07, 6.45) is 0.891. The Morgan fingerprint density at radius 1 is 1.05 bits per heavy atom. The first-order chi connectivity index (χ1) is 9.70. The number of rotatable bonds is 9. The zero-order chi connectivity index (χ0) is 15.9. The van der Waals surface area contributed by atoms with Crippen molar-refractivity contribution < 1.29 is 32.5 Å². The molecule has 2 unspecified atom stereocenters. The van der Waals surface area contributed by atoms with Crippen LogP contribution in [0.1, 0.15) is 12.8 Å². The molecule has 0 aliphatic carbocycles. The topological polar surface area (TPSA) is 121 Å². The number of hydrogen-bond donors (Lipinski definition) is 3. The molecule has 0 saturated carbocycles. The first-order valence-electron chi connectivity index (χ1n) is 6.14. The molecule has 21 heavy (non-hydrogen) atoms. The van der Waals surface area contributed by atoms with Crippen LogP contribution in [0.5, 0.6) is 0 Å². The third-order valence-electron chi connectivity index (χ3n) is 2.39. The van der Waals surface area contributed by atoms with E-state index in [0.717, 1.165) is 0 Å². The van der Waals surface area contributed by atoms with Crippen LogP contribution < -0.4 is 0 Å². The molecule has 0 aliphatic rings. The van der Waals surface area contributed by atoms with Gasteiger partial charge in [0, 0.05) is 10.6 Å². The molecule has 0 bridgehead atoms. The number of hydrogen-bond acceptors (Lipinski definition) is 4. The van der Waals surface area contributed by atoms with Gasteiger partial charge in [0.25, 0.3) is 0 Å². The third-order valence-corrected chi connectivity index (χ3v) is 7.33. The Labute approximate surface area is 125 Å². The smallest absolute Gasteiger partial charge is 0.324 e. The van der Waals surface area contributed by atoms with Gasteiger partial charge in [-0.05, 0) is 25.0 Å². The molecule has 0 aliphatic heterocycles. The van der Waals surface area contributed by atoms with Crippen molar-refractivity contribution in [3.05, 3.63) is 30.3 Å². The predicted octanol–water partition coefficient (Wildman–Crippen LogP) is 1.91. The zero-order valence-corrected chi connectivity index (χ0v) is 13.8. The second kappa shape index (κ2) is 8.34. The Hall–Kier alpha value is -0.330. The molecule has 0 heterocycles. The van der Waals surface area contributed by atoms with Gasteiger partial charge in [0.1, 0.15) is 0 Å². The van der Waals surface area contributed by atoms with E-state index in [1.165, 1.54) is 0 Å². The van der Waals surface area contributed by atoms with Crippen LogP contribution in [-0.2, 0) is 24.5 Å². The predicted molar refractivity (Wildman–Crippen MR) is 79.6 cm³/mol. The molecule has 0 saturated heterocycles. The monoisotopic (exact) mass is 356 g/mol. The molecule has 0 amide bonds. The number of unbranched alkanes of at least 4 members (excludes halogenated alkanes) is 1. The van der Waals surface area contributed by atoms with Crippen molar-refractivity contribution in [2.45, 2.75) is 17.7 Å². The van der Waals surface area contributed by atoms with E-state index < -0.39 is 31.9 Å². The molecule has 1 aromatic rings. The second-order valence-corrected chi connectivity index (χ2v) is 9.91. The Kier molecular flexibility index (Phi) is 7.44. The Morgan fingerprint density at radius 3 is 2.24 bits per heavy atom. The van der Waals surface area contributed by atoms with E-state index in [9.17, 15) is 18.2 Å². The molecule has 0 aromatic heterocycles. The maximum absolute atomic E-state index is 11.9. The van der Waals surface area contributed by atoms with E-state index in [1.807, 2.05) is 6.07 Å². The van der Waals surface area contributed by atoms with Crippen molar-refractivity contribution in [1.82, 2.24) is 0 Å². The summed E-state index contributed by atoms with van der Waals surface area (Å²) < 4.78 is 38.4. The lowest BCUT2D eigenvalue weighted by molar-refractivity contribution is 0.256. The Morgan fingerprint density at radius 2 is 1.67 bits per heavy atom. The average Bonchev–Trinajstić information content (AvgIpc) is 2.36. The van der Waals surface area contributed by atoms with Crippen molar-refractivity contribution in [3.63, 3.8) is 0 Å². The lowest BCUT2D eigenvalue weighted by Gasteiger charge is -2.12. The average molecular weight is 356 g/mol. The second-order valence-electron chi connectivity index (χ2n) is 4.35. The molecule has 1 aromatic carbocycles. The van der Waals surface area contributed by atoms with Crippen LogP contribution in [0.25, 0.3) is 0 Å². The summed E-state index contributed by atoms with van der Waals surface area (Å²) in [7, 11) is -10.00. The highest BCUT2D eigenvalue weighted by Crippen LogP contribution is 2.55. The van der Waals surface area contributed by atoms with Gasteiger partial charge in [0.05, 0.1) is 17.4 Å². The number of benzene rings is 1. The minimum atomic E-state index is -4.59. The van der Waals surface area contributed by atoms with Gasteiger partial charge in [-0.15, -0.1) is 0 Å². The maximum atomic E-state index is 11.9. The summed E-state index contributed by atoms with van der Waals surface area (Å²) in [6.45, 7) is -0.111. The first kappa shape index (κ1) is 18.7. The van der Waals surface area contributed by atoms with Crippen LogP contribution in [0.3, 0.4) is 0 Å². The van der Waals surface area contributed by atoms with E-state index >= 15 is 0 Å². The maximum Gasteiger partial charge on any atom is 0.340 e. The zero-order valence-electron chi connectivity index (χ0n) is 11.2. The summed E-state index contributed by atoms with van der Waals surface area (Å²) in [5, 5.41) is 0. The van der Waals surface area contributed by atoms with Crippen LogP contribution in [0.15, 0.2) is 35.2 Å². The largest absolute Gasteiger partial charge is 0.340 e. The van der Waals surface area contributed by atoms with Gasteiger partial charge in [-0.25, -0.2) is 0 Å². The van der Waals surface area contributed by atoms with Crippen LogP contribution in [0, 0.1) is 0 Å². The highest BCUT2D eigenvalue weighted by atomic mass is 32.2. The molecule has 7 nitrogen and oxygen atoms in total. The van der Waals surface area contributed by atoms with Crippen molar-refractivity contribution in [2.75, 3.05) is 18.3 Å². The molecule has 10 heteroatoms. The molecule has 1 rings (SSSR count). The summed E-state index contributed by atoms with van der Waals surface area (Å²) >= 11 is 0. The minimum absolute atomic E-state index is 0.111. The van der Waals surface area contributed by atoms with Gasteiger partial charge in [-0.1, -0.05) is 18.2 Å². The molecule has 120 valence electrons. The molecule has 0 fully saturated rings. The van der Waals surface area contributed by atoms with Gasteiger partial charge >= 0.3 is 15.2 Å². The van der Waals surface area contributed by atoms with Crippen molar-refractivity contribution in [1.29, 1.82) is 0 Å². The summed E-state index contributed by atoms with van der Waals surface area (Å²) in [5.74, 6) is -0.794. The van der Waals surface area contributed by atoms with Crippen molar-refractivity contribution in [3.8, 4) is 0 Å². The fourth-order valence-electron chi connectivity index (χ4n) is 1.51. The lowest BCUT2D eigenvalue weighted by Crippen LogP contribution is -2.02. The fourth-order valence-corrected chi connectivity index (χ4v) is 5.27. The molecular weight excluding hydrogens is 338 g/mol. The third kappa shape index (κ3) is 8.63. The minimum Gasteiger partial charge on any atom is -0.324 e. The normalized spacial score (nSPS) is 16.3. The standard InChI is InChI=1S/C11H18O7P2S/c12-19(13,14)10-20(15,16)18-8-4-5-9-21(17)11-6-2-1-3-7-11/h1-3,6-7H,4-5,8-10H2,(H,15,16)(H2,12,13,14). The molecule has 0 radical (unpaired) electrons. The summed E-state index contributed by atoms with van der Waals surface area (Å²) in [6, 6.07) is 8.93. The summed E-state index contributed by atoms with van der Waals surface area (Å²) in [4.78, 5) is 27.2. The van der Waals surface area contributed by atoms with E-state index in [1.54, 1.807) is 24.3 Å². The molecule has 2 atom stereocenters. The fraction of sp³-hybridized carbons (Fsp3) is 0.455.